The van der Waals surface area contributed by atoms with Gasteiger partial charge >= 0.3 is 0 Å². The van der Waals surface area contributed by atoms with Gasteiger partial charge in [-0.25, -0.2) is 13.1 Å². The predicted octanol–water partition coefficient (Wildman–Crippen LogP) is 3.55. The number of rotatable bonds is 6. The second kappa shape index (κ2) is 6.67. The molecule has 0 spiro atoms. The molecule has 0 saturated heterocycles. The molecule has 1 unspecified atom stereocenters. The Hall–Kier alpha value is -0.250. The Labute approximate surface area is 135 Å². The van der Waals surface area contributed by atoms with Crippen LogP contribution in [0.3, 0.4) is 0 Å². The fourth-order valence-corrected chi connectivity index (χ4v) is 5.67. The second-order valence-electron chi connectivity index (χ2n) is 4.08. The Kier molecular flexibility index (Phi) is 5.38. The van der Waals surface area contributed by atoms with Crippen LogP contribution in [0.15, 0.2) is 32.3 Å². The minimum atomic E-state index is -3.48. The van der Waals surface area contributed by atoms with Crippen LogP contribution in [0.4, 0.5) is 0 Å². The van der Waals surface area contributed by atoms with E-state index in [1.165, 1.54) is 16.2 Å². The molecule has 2 aromatic rings. The molecule has 0 aromatic carbocycles. The van der Waals surface area contributed by atoms with Crippen LogP contribution in [-0.4, -0.2) is 22.1 Å². The molecule has 2 aromatic heterocycles. The maximum Gasteiger partial charge on any atom is 0.250 e. The number of aryl methyl sites for hydroxylation is 1. The average Bonchev–Trinajstić information content (AvgIpc) is 2.99. The van der Waals surface area contributed by atoms with E-state index in [2.05, 4.69) is 20.7 Å². The van der Waals surface area contributed by atoms with Crippen molar-refractivity contribution in [2.24, 2.45) is 0 Å². The van der Waals surface area contributed by atoms with Gasteiger partial charge in [0.1, 0.15) is 10.3 Å². The molecule has 20 heavy (non-hydrogen) atoms. The van der Waals surface area contributed by atoms with Crippen LogP contribution in [0.5, 0.6) is 0 Å². The van der Waals surface area contributed by atoms with Gasteiger partial charge in [0.05, 0.1) is 3.79 Å². The number of thiophene rings is 2. The number of hydrogen-bond donors (Lipinski definition) is 1. The van der Waals surface area contributed by atoms with Gasteiger partial charge in [-0.05, 0) is 47.1 Å². The molecular formula is C12H14BrNO3S3. The summed E-state index contributed by atoms with van der Waals surface area (Å²) in [5.41, 5.74) is 0. The van der Waals surface area contributed by atoms with E-state index in [4.69, 9.17) is 4.74 Å². The lowest BCUT2D eigenvalue weighted by Gasteiger charge is -2.14. The summed E-state index contributed by atoms with van der Waals surface area (Å²) < 4.78 is 33.3. The largest absolute Gasteiger partial charge is 0.375 e. The third-order valence-corrected chi connectivity index (χ3v) is 7.27. The van der Waals surface area contributed by atoms with Crippen molar-refractivity contribution in [3.05, 3.63) is 37.8 Å². The molecule has 2 rings (SSSR count). The molecule has 0 fully saturated rings. The summed E-state index contributed by atoms with van der Waals surface area (Å²) in [6.45, 7) is 2.22. The van der Waals surface area contributed by atoms with Gasteiger partial charge in [-0.3, -0.25) is 0 Å². The quantitative estimate of drug-likeness (QED) is 0.813. The highest BCUT2D eigenvalue weighted by Gasteiger charge is 2.20. The van der Waals surface area contributed by atoms with E-state index in [-0.39, 0.29) is 12.6 Å². The van der Waals surface area contributed by atoms with Crippen molar-refractivity contribution in [2.45, 2.75) is 17.2 Å². The normalized spacial score (nSPS) is 13.6. The summed E-state index contributed by atoms with van der Waals surface area (Å²) in [5, 5.41) is 0. The third-order valence-electron chi connectivity index (χ3n) is 2.64. The second-order valence-corrected chi connectivity index (χ2v) is 9.86. The van der Waals surface area contributed by atoms with Crippen LogP contribution in [-0.2, 0) is 14.8 Å². The molecule has 8 heteroatoms. The molecule has 0 aliphatic carbocycles. The van der Waals surface area contributed by atoms with Gasteiger partial charge in [-0.15, -0.1) is 22.7 Å². The van der Waals surface area contributed by atoms with Crippen molar-refractivity contribution in [1.82, 2.24) is 4.72 Å². The van der Waals surface area contributed by atoms with E-state index in [0.717, 1.165) is 8.66 Å². The number of halogens is 1. The van der Waals surface area contributed by atoms with Crippen molar-refractivity contribution in [3.63, 3.8) is 0 Å². The number of nitrogens with one attached hydrogen (secondary N) is 1. The molecule has 1 N–H and O–H groups in total. The number of sulfonamides is 1. The molecule has 2 heterocycles. The van der Waals surface area contributed by atoms with E-state index in [0.29, 0.717) is 4.21 Å². The fourth-order valence-electron chi connectivity index (χ4n) is 1.63. The van der Waals surface area contributed by atoms with Crippen molar-refractivity contribution >= 4 is 48.6 Å². The lowest BCUT2D eigenvalue weighted by atomic mass is 10.3. The zero-order valence-corrected chi connectivity index (χ0v) is 15.0. The summed E-state index contributed by atoms with van der Waals surface area (Å²) in [6, 6.07) is 7.25. The summed E-state index contributed by atoms with van der Waals surface area (Å²) in [5.74, 6) is 0. The minimum absolute atomic E-state index is 0.217. The monoisotopic (exact) mass is 395 g/mol. The lowest BCUT2D eigenvalue weighted by Crippen LogP contribution is -2.28. The van der Waals surface area contributed by atoms with Crippen molar-refractivity contribution in [3.8, 4) is 0 Å². The minimum Gasteiger partial charge on any atom is -0.375 e. The first-order chi connectivity index (χ1) is 9.42. The van der Waals surface area contributed by atoms with Crippen molar-refractivity contribution in [2.75, 3.05) is 13.7 Å². The highest BCUT2D eigenvalue weighted by atomic mass is 79.9. The van der Waals surface area contributed by atoms with Gasteiger partial charge in [0, 0.05) is 23.4 Å². The molecule has 0 bridgehead atoms. The molecular weight excluding hydrogens is 382 g/mol. The summed E-state index contributed by atoms with van der Waals surface area (Å²) in [6.07, 6.45) is -0.271. The topological polar surface area (TPSA) is 55.4 Å². The first-order valence-electron chi connectivity index (χ1n) is 5.76. The van der Waals surface area contributed by atoms with Crippen LogP contribution in [0.25, 0.3) is 0 Å². The molecule has 110 valence electrons. The van der Waals surface area contributed by atoms with Crippen LogP contribution >= 0.6 is 38.6 Å². The SMILES string of the molecule is COC(CNS(=O)(=O)c1ccc(Br)s1)c1ccc(C)s1. The first-order valence-corrected chi connectivity index (χ1v) is 9.67. The summed E-state index contributed by atoms with van der Waals surface area (Å²) in [4.78, 5) is 2.19. The van der Waals surface area contributed by atoms with E-state index in [1.807, 2.05) is 19.1 Å². The van der Waals surface area contributed by atoms with Crippen LogP contribution in [0.1, 0.15) is 15.9 Å². The molecule has 0 aliphatic heterocycles. The number of ether oxygens (including phenoxy) is 1. The molecule has 4 nitrogen and oxygen atoms in total. The van der Waals surface area contributed by atoms with E-state index in [9.17, 15) is 8.42 Å². The molecule has 0 amide bonds. The Balaban J connectivity index is 2.06. The predicted molar refractivity (Wildman–Crippen MR) is 86.0 cm³/mol. The lowest BCUT2D eigenvalue weighted by molar-refractivity contribution is 0.110. The molecule has 1 atom stereocenters. The third kappa shape index (κ3) is 3.90. The maximum atomic E-state index is 12.1. The molecule has 0 aliphatic rings. The van der Waals surface area contributed by atoms with Crippen LogP contribution in [0.2, 0.25) is 0 Å². The highest BCUT2D eigenvalue weighted by molar-refractivity contribution is 9.11. The van der Waals surface area contributed by atoms with Gasteiger partial charge < -0.3 is 4.74 Å². The standard InChI is InChI=1S/C12H14BrNO3S3/c1-8-3-4-10(18-8)9(17-2)7-14-20(15,16)12-6-5-11(13)19-12/h3-6,9,14H,7H2,1-2H3. The smallest absolute Gasteiger partial charge is 0.250 e. The zero-order valence-electron chi connectivity index (χ0n) is 10.9. The summed E-state index contributed by atoms with van der Waals surface area (Å²) >= 11 is 6.05. The number of methoxy groups -OCH3 is 1. The molecule has 0 saturated carbocycles. The van der Waals surface area contributed by atoms with Gasteiger partial charge in [0.2, 0.25) is 10.0 Å². The Morgan fingerprint density at radius 3 is 2.55 bits per heavy atom. The van der Waals surface area contributed by atoms with Gasteiger partial charge in [0.15, 0.2) is 0 Å². The van der Waals surface area contributed by atoms with E-state index >= 15 is 0 Å². The Morgan fingerprint density at radius 1 is 1.30 bits per heavy atom. The fraction of sp³-hybridized carbons (Fsp3) is 0.333. The number of hydrogen-bond acceptors (Lipinski definition) is 5. The van der Waals surface area contributed by atoms with E-state index < -0.39 is 10.0 Å². The Morgan fingerprint density at radius 2 is 2.05 bits per heavy atom. The molecule has 0 radical (unpaired) electrons. The first kappa shape index (κ1) is 16.1. The van der Waals surface area contributed by atoms with E-state index in [1.54, 1.807) is 30.6 Å². The van der Waals surface area contributed by atoms with Gasteiger partial charge in [0.25, 0.3) is 0 Å². The summed E-state index contributed by atoms with van der Waals surface area (Å²) in [7, 11) is -1.90. The average molecular weight is 396 g/mol. The van der Waals surface area contributed by atoms with Crippen molar-refractivity contribution in [1.29, 1.82) is 0 Å². The Bertz CT molecular complexity index is 678. The zero-order chi connectivity index (χ0) is 14.8. The van der Waals surface area contributed by atoms with Crippen LogP contribution in [0, 0.1) is 6.92 Å². The van der Waals surface area contributed by atoms with Gasteiger partial charge in [-0.2, -0.15) is 0 Å². The van der Waals surface area contributed by atoms with Crippen LogP contribution < -0.4 is 4.72 Å². The highest BCUT2D eigenvalue weighted by Crippen LogP contribution is 2.27. The maximum absolute atomic E-state index is 12.1. The van der Waals surface area contributed by atoms with Crippen molar-refractivity contribution < 1.29 is 13.2 Å². The van der Waals surface area contributed by atoms with Gasteiger partial charge in [-0.1, -0.05) is 0 Å².